The van der Waals surface area contributed by atoms with Gasteiger partial charge in [-0.15, -0.1) is 11.8 Å². The summed E-state index contributed by atoms with van der Waals surface area (Å²) in [6.07, 6.45) is 1.32. The Bertz CT molecular complexity index is 697. The van der Waals surface area contributed by atoms with Crippen molar-refractivity contribution in [3.63, 3.8) is 0 Å². The zero-order chi connectivity index (χ0) is 16.7. The monoisotopic (exact) mass is 328 g/mol. The fourth-order valence-electron chi connectivity index (χ4n) is 1.99. The van der Waals surface area contributed by atoms with Crippen molar-refractivity contribution >= 4 is 29.4 Å². The van der Waals surface area contributed by atoms with E-state index in [1.807, 2.05) is 24.3 Å². The molecule has 0 aromatic heterocycles. The molecule has 0 aliphatic carbocycles. The van der Waals surface area contributed by atoms with Crippen molar-refractivity contribution in [2.24, 2.45) is 5.10 Å². The number of methoxy groups -OCH3 is 1. The van der Waals surface area contributed by atoms with Gasteiger partial charge >= 0.3 is 0 Å². The van der Waals surface area contributed by atoms with E-state index in [0.29, 0.717) is 5.75 Å². The van der Waals surface area contributed by atoms with Gasteiger partial charge in [-0.3, -0.25) is 10.2 Å². The van der Waals surface area contributed by atoms with E-state index in [9.17, 15) is 4.79 Å². The van der Waals surface area contributed by atoms with Gasteiger partial charge in [-0.25, -0.2) is 0 Å². The van der Waals surface area contributed by atoms with Crippen molar-refractivity contribution in [2.75, 3.05) is 18.3 Å². The molecule has 23 heavy (non-hydrogen) atoms. The predicted molar refractivity (Wildman–Crippen MR) is 96.8 cm³/mol. The molecule has 120 valence electrons. The van der Waals surface area contributed by atoms with Gasteiger partial charge in [0.1, 0.15) is 5.75 Å². The molecule has 0 saturated carbocycles. The number of hydrazone groups is 1. The Labute approximate surface area is 140 Å². The molecule has 4 nitrogen and oxygen atoms in total. The molecule has 2 aromatic rings. The molecule has 0 fully saturated rings. The molecular weight excluding hydrogens is 308 g/mol. The number of hydrogen-bond acceptors (Lipinski definition) is 5. The maximum atomic E-state index is 11.9. The number of benzene rings is 2. The van der Waals surface area contributed by atoms with Crippen molar-refractivity contribution in [3.8, 4) is 5.75 Å². The Kier molecular flexibility index (Phi) is 6.23. The van der Waals surface area contributed by atoms with Crippen molar-refractivity contribution in [1.82, 2.24) is 0 Å². The van der Waals surface area contributed by atoms with E-state index in [4.69, 9.17) is 4.74 Å². The van der Waals surface area contributed by atoms with Crippen LogP contribution in [0.2, 0.25) is 0 Å². The van der Waals surface area contributed by atoms with Gasteiger partial charge in [-0.1, -0.05) is 17.7 Å². The van der Waals surface area contributed by atoms with Crippen molar-refractivity contribution < 1.29 is 9.53 Å². The molecule has 5 heteroatoms. The number of ether oxygens (including phenoxy) is 1. The standard InChI is InChI=1S/C18H20N2O2S/c1-13-4-9-18(14(2)10-13)23-12-16(21)11-19-20-15-5-7-17(22-3)8-6-15/h4-11,20H,12H2,1-3H3. The quantitative estimate of drug-likeness (QED) is 0.473. The Morgan fingerprint density at radius 3 is 2.61 bits per heavy atom. The zero-order valence-electron chi connectivity index (χ0n) is 13.5. The Morgan fingerprint density at radius 1 is 1.22 bits per heavy atom. The summed E-state index contributed by atoms with van der Waals surface area (Å²) in [4.78, 5) is 13.0. The molecule has 0 heterocycles. The van der Waals surface area contributed by atoms with Gasteiger partial charge in [0.05, 0.1) is 24.8 Å². The van der Waals surface area contributed by atoms with Gasteiger partial charge in [0.2, 0.25) is 0 Å². The van der Waals surface area contributed by atoms with Gasteiger partial charge in [0.25, 0.3) is 0 Å². The Morgan fingerprint density at radius 2 is 1.96 bits per heavy atom. The fourth-order valence-corrected chi connectivity index (χ4v) is 2.81. The number of thioether (sulfide) groups is 1. The molecule has 2 rings (SSSR count). The number of ketones is 1. The normalized spacial score (nSPS) is 10.7. The lowest BCUT2D eigenvalue weighted by Gasteiger charge is -2.05. The van der Waals surface area contributed by atoms with Crippen molar-refractivity contribution in [2.45, 2.75) is 18.7 Å². The van der Waals surface area contributed by atoms with Crippen LogP contribution in [0.5, 0.6) is 5.75 Å². The highest BCUT2D eigenvalue weighted by Crippen LogP contribution is 2.22. The predicted octanol–water partition coefficient (Wildman–Crippen LogP) is 4.07. The third-order valence-corrected chi connectivity index (χ3v) is 4.39. The number of nitrogens with zero attached hydrogens (tertiary/aromatic N) is 1. The van der Waals surface area contributed by atoms with E-state index in [-0.39, 0.29) is 5.78 Å². The SMILES string of the molecule is COc1ccc(NN=CC(=O)CSc2ccc(C)cc2C)cc1. The van der Waals surface area contributed by atoms with Crippen LogP contribution < -0.4 is 10.2 Å². The summed E-state index contributed by atoms with van der Waals surface area (Å²) >= 11 is 1.53. The van der Waals surface area contributed by atoms with Crippen LogP contribution >= 0.6 is 11.8 Å². The second kappa shape index (κ2) is 8.39. The maximum absolute atomic E-state index is 11.9. The summed E-state index contributed by atoms with van der Waals surface area (Å²) in [6, 6.07) is 13.6. The zero-order valence-corrected chi connectivity index (χ0v) is 14.3. The van der Waals surface area contributed by atoms with Gasteiger partial charge in [0.15, 0.2) is 5.78 Å². The second-order valence-electron chi connectivity index (χ2n) is 5.12. The number of nitrogens with one attached hydrogen (secondary N) is 1. The van der Waals surface area contributed by atoms with Crippen molar-refractivity contribution in [3.05, 3.63) is 53.6 Å². The highest BCUT2D eigenvalue weighted by Gasteiger charge is 2.03. The molecule has 1 N–H and O–H groups in total. The minimum atomic E-state index is -0.0315. The largest absolute Gasteiger partial charge is 0.497 e. The van der Waals surface area contributed by atoms with Crippen LogP contribution in [0.15, 0.2) is 52.5 Å². The third kappa shape index (κ3) is 5.45. The van der Waals surface area contributed by atoms with Crippen LogP contribution in [0.1, 0.15) is 11.1 Å². The number of carbonyl (C=O) groups is 1. The number of Topliss-reactive ketones (excluding diaryl/α,β-unsaturated/α-hetero) is 1. The van der Waals surface area contributed by atoms with E-state index in [1.165, 1.54) is 29.1 Å². The number of anilines is 1. The van der Waals surface area contributed by atoms with Gasteiger partial charge < -0.3 is 4.74 Å². The molecule has 0 aliphatic rings. The van der Waals surface area contributed by atoms with Crippen LogP contribution in [0, 0.1) is 13.8 Å². The molecular formula is C18H20N2O2S. The Hall–Kier alpha value is -2.27. The topological polar surface area (TPSA) is 50.7 Å². The molecule has 0 atom stereocenters. The van der Waals surface area contributed by atoms with E-state index in [1.54, 1.807) is 7.11 Å². The van der Waals surface area contributed by atoms with E-state index >= 15 is 0 Å². The average Bonchev–Trinajstić information content (AvgIpc) is 2.54. The summed E-state index contributed by atoms with van der Waals surface area (Å²) < 4.78 is 5.08. The summed E-state index contributed by atoms with van der Waals surface area (Å²) in [5.41, 5.74) is 6.05. The van der Waals surface area contributed by atoms with Crippen LogP contribution in [-0.4, -0.2) is 24.9 Å². The molecule has 0 unspecified atom stereocenters. The first-order valence-corrected chi connectivity index (χ1v) is 8.23. The van der Waals surface area contributed by atoms with E-state index in [0.717, 1.165) is 16.3 Å². The van der Waals surface area contributed by atoms with Gasteiger partial charge in [0, 0.05) is 4.90 Å². The van der Waals surface area contributed by atoms with E-state index < -0.39 is 0 Å². The van der Waals surface area contributed by atoms with Crippen LogP contribution in [0.25, 0.3) is 0 Å². The molecule has 0 saturated heterocycles. The minimum Gasteiger partial charge on any atom is -0.497 e. The first kappa shape index (κ1) is 17.1. The van der Waals surface area contributed by atoms with E-state index in [2.05, 4.69) is 42.6 Å². The maximum Gasteiger partial charge on any atom is 0.185 e. The number of aryl methyl sites for hydroxylation is 2. The number of carbonyl (C=O) groups excluding carboxylic acids is 1. The average molecular weight is 328 g/mol. The van der Waals surface area contributed by atoms with Crippen LogP contribution in [0.4, 0.5) is 5.69 Å². The molecule has 0 amide bonds. The third-order valence-electron chi connectivity index (χ3n) is 3.19. The van der Waals surface area contributed by atoms with Gasteiger partial charge in [-0.2, -0.15) is 5.10 Å². The lowest BCUT2D eigenvalue weighted by molar-refractivity contribution is -0.110. The highest BCUT2D eigenvalue weighted by atomic mass is 32.2. The summed E-state index contributed by atoms with van der Waals surface area (Å²) in [5, 5.41) is 3.97. The van der Waals surface area contributed by atoms with Gasteiger partial charge in [-0.05, 0) is 49.7 Å². The minimum absolute atomic E-state index is 0.0315. The fraction of sp³-hybridized carbons (Fsp3) is 0.222. The second-order valence-corrected chi connectivity index (χ2v) is 6.14. The number of rotatable bonds is 7. The number of hydrogen-bond donors (Lipinski definition) is 1. The molecule has 0 radical (unpaired) electrons. The Balaban J connectivity index is 1.81. The molecule has 2 aromatic carbocycles. The molecule has 0 spiro atoms. The van der Waals surface area contributed by atoms with Crippen molar-refractivity contribution in [1.29, 1.82) is 0 Å². The highest BCUT2D eigenvalue weighted by molar-refractivity contribution is 8.00. The van der Waals surface area contributed by atoms with Crippen LogP contribution in [-0.2, 0) is 4.79 Å². The molecule has 0 aliphatic heterocycles. The smallest absolute Gasteiger partial charge is 0.185 e. The lowest BCUT2D eigenvalue weighted by Crippen LogP contribution is -2.04. The summed E-state index contributed by atoms with van der Waals surface area (Å²) in [5.74, 6) is 1.12. The first-order valence-electron chi connectivity index (χ1n) is 7.24. The molecule has 0 bridgehead atoms. The lowest BCUT2D eigenvalue weighted by atomic mass is 10.2. The van der Waals surface area contributed by atoms with Crippen LogP contribution in [0.3, 0.4) is 0 Å². The summed E-state index contributed by atoms with van der Waals surface area (Å²) in [7, 11) is 1.62. The summed E-state index contributed by atoms with van der Waals surface area (Å²) in [6.45, 7) is 4.11. The first-order chi connectivity index (χ1) is 11.1.